The minimum Gasteiger partial charge on any atom is -0.510 e. The van der Waals surface area contributed by atoms with Gasteiger partial charge in [0.2, 0.25) is 0 Å². The fraction of sp³-hybridized carbons (Fsp3) is 0.0625. The SMILES string of the molecule is CN1C=CN(c2[c-]cc(-c3ccccc3)cc2)[CH-]1.[Ir]. The van der Waals surface area contributed by atoms with E-state index in [-0.39, 0.29) is 20.1 Å². The van der Waals surface area contributed by atoms with E-state index in [1.807, 2.05) is 43.1 Å². The number of rotatable bonds is 2. The molecule has 3 rings (SSSR count). The van der Waals surface area contributed by atoms with Gasteiger partial charge >= 0.3 is 0 Å². The molecule has 1 aliphatic rings. The van der Waals surface area contributed by atoms with Gasteiger partial charge in [0.25, 0.3) is 0 Å². The van der Waals surface area contributed by atoms with Crippen molar-refractivity contribution in [3.8, 4) is 11.1 Å². The van der Waals surface area contributed by atoms with Crippen molar-refractivity contribution in [2.24, 2.45) is 0 Å². The Balaban J connectivity index is 0.00000133. The van der Waals surface area contributed by atoms with E-state index in [1.54, 1.807) is 0 Å². The number of benzene rings is 2. The van der Waals surface area contributed by atoms with Crippen molar-refractivity contribution in [1.82, 2.24) is 4.90 Å². The third-order valence-electron chi connectivity index (χ3n) is 2.95. The fourth-order valence-corrected chi connectivity index (χ4v) is 1.98. The van der Waals surface area contributed by atoms with Crippen molar-refractivity contribution in [3.05, 3.63) is 73.7 Å². The zero-order chi connectivity index (χ0) is 12.4. The second-order valence-corrected chi connectivity index (χ2v) is 4.31. The Morgan fingerprint density at radius 2 is 1.74 bits per heavy atom. The summed E-state index contributed by atoms with van der Waals surface area (Å²) in [4.78, 5) is 4.06. The molecular formula is C16H14IrN2-2. The van der Waals surface area contributed by atoms with Crippen LogP contribution in [-0.4, -0.2) is 11.9 Å². The van der Waals surface area contributed by atoms with Gasteiger partial charge in [0, 0.05) is 20.1 Å². The maximum Gasteiger partial charge on any atom is 0 e. The van der Waals surface area contributed by atoms with E-state index in [0.717, 1.165) is 5.69 Å². The van der Waals surface area contributed by atoms with E-state index in [0.29, 0.717) is 0 Å². The first-order valence-corrected chi connectivity index (χ1v) is 5.94. The first-order chi connectivity index (χ1) is 8.83. The summed E-state index contributed by atoms with van der Waals surface area (Å²) in [6, 6.07) is 19.9. The van der Waals surface area contributed by atoms with Crippen LogP contribution in [-0.2, 0) is 20.1 Å². The van der Waals surface area contributed by atoms with Crippen LogP contribution in [0.1, 0.15) is 0 Å². The monoisotopic (exact) mass is 427 g/mol. The van der Waals surface area contributed by atoms with Gasteiger partial charge in [-0.05, 0) is 19.4 Å². The first kappa shape index (κ1) is 13.9. The molecule has 0 saturated heterocycles. The molecule has 0 fully saturated rings. The van der Waals surface area contributed by atoms with Gasteiger partial charge in [-0.3, -0.25) is 0 Å². The molecule has 0 spiro atoms. The minimum absolute atomic E-state index is 0. The Kier molecular flexibility index (Phi) is 4.41. The maximum absolute atomic E-state index is 3.31. The molecule has 1 heterocycles. The Morgan fingerprint density at radius 3 is 2.32 bits per heavy atom. The topological polar surface area (TPSA) is 6.48 Å². The molecule has 2 nitrogen and oxygen atoms in total. The molecule has 0 atom stereocenters. The van der Waals surface area contributed by atoms with Crippen molar-refractivity contribution < 1.29 is 20.1 Å². The predicted octanol–water partition coefficient (Wildman–Crippen LogP) is 3.49. The van der Waals surface area contributed by atoms with Crippen LogP contribution < -0.4 is 4.90 Å². The van der Waals surface area contributed by atoms with Crippen LogP contribution in [0, 0.1) is 12.7 Å². The summed E-state index contributed by atoms with van der Waals surface area (Å²) in [6.07, 6.45) is 4.03. The molecule has 2 aromatic rings. The van der Waals surface area contributed by atoms with Gasteiger partial charge in [0.05, 0.1) is 0 Å². The van der Waals surface area contributed by atoms with Crippen LogP contribution in [0.15, 0.2) is 60.9 Å². The van der Waals surface area contributed by atoms with Crippen LogP contribution in [0.25, 0.3) is 11.1 Å². The molecule has 0 aromatic heterocycles. The minimum atomic E-state index is 0. The predicted molar refractivity (Wildman–Crippen MR) is 74.4 cm³/mol. The van der Waals surface area contributed by atoms with Crippen LogP contribution >= 0.6 is 0 Å². The van der Waals surface area contributed by atoms with Gasteiger partial charge in [-0.1, -0.05) is 35.9 Å². The normalized spacial score (nSPS) is 13.5. The van der Waals surface area contributed by atoms with Crippen molar-refractivity contribution in [2.75, 3.05) is 11.9 Å². The van der Waals surface area contributed by atoms with Gasteiger partial charge in [-0.15, -0.1) is 17.3 Å². The molecule has 2 aromatic carbocycles. The van der Waals surface area contributed by atoms with Crippen LogP contribution in [0.3, 0.4) is 0 Å². The van der Waals surface area contributed by atoms with Gasteiger partial charge in [0.15, 0.2) is 0 Å². The van der Waals surface area contributed by atoms with E-state index < -0.39 is 0 Å². The third kappa shape index (κ3) is 3.06. The van der Waals surface area contributed by atoms with Crippen LogP contribution in [0.5, 0.6) is 0 Å². The summed E-state index contributed by atoms with van der Waals surface area (Å²) < 4.78 is 0. The molecule has 0 saturated carbocycles. The zero-order valence-electron chi connectivity index (χ0n) is 10.6. The smallest absolute Gasteiger partial charge is 0 e. The summed E-state index contributed by atoms with van der Waals surface area (Å²) in [7, 11) is 2.01. The molecule has 0 amide bonds. The molecule has 0 unspecified atom stereocenters. The first-order valence-electron chi connectivity index (χ1n) is 5.94. The molecule has 0 bridgehead atoms. The number of hydrogen-bond donors (Lipinski definition) is 0. The average molecular weight is 427 g/mol. The summed E-state index contributed by atoms with van der Waals surface area (Å²) in [5.41, 5.74) is 3.46. The van der Waals surface area contributed by atoms with Gasteiger partial charge in [0.1, 0.15) is 0 Å². The Morgan fingerprint density at radius 1 is 0.947 bits per heavy atom. The number of hydrogen-bond acceptors (Lipinski definition) is 2. The average Bonchev–Trinajstić information content (AvgIpc) is 2.87. The van der Waals surface area contributed by atoms with Crippen molar-refractivity contribution in [1.29, 1.82) is 0 Å². The van der Waals surface area contributed by atoms with Crippen LogP contribution in [0.2, 0.25) is 0 Å². The molecule has 1 aliphatic heterocycles. The van der Waals surface area contributed by atoms with E-state index in [2.05, 4.69) is 47.4 Å². The summed E-state index contributed by atoms with van der Waals surface area (Å²) >= 11 is 0. The van der Waals surface area contributed by atoms with Crippen molar-refractivity contribution in [3.63, 3.8) is 0 Å². The summed E-state index contributed by atoms with van der Waals surface area (Å²) in [6.45, 7) is 2.02. The molecule has 1 radical (unpaired) electrons. The molecule has 0 N–H and O–H groups in total. The van der Waals surface area contributed by atoms with E-state index in [9.17, 15) is 0 Å². The fourth-order valence-electron chi connectivity index (χ4n) is 1.98. The number of nitrogens with zero attached hydrogens (tertiary/aromatic N) is 2. The van der Waals surface area contributed by atoms with E-state index in [1.165, 1.54) is 11.1 Å². The van der Waals surface area contributed by atoms with Gasteiger partial charge in [-0.25, -0.2) is 0 Å². The summed E-state index contributed by atoms with van der Waals surface area (Å²) in [5.74, 6) is 0. The second-order valence-electron chi connectivity index (χ2n) is 4.31. The third-order valence-corrected chi connectivity index (χ3v) is 2.95. The summed E-state index contributed by atoms with van der Waals surface area (Å²) in [5, 5.41) is 0. The van der Waals surface area contributed by atoms with Crippen LogP contribution in [0.4, 0.5) is 5.69 Å². The standard InChI is InChI=1S/C16H14N2.Ir/c1-17-11-12-18(13-17)16-9-7-15(8-10-16)14-5-3-2-4-6-14;/h2-9,11-13H,1H3;/q-2;. The Bertz CT molecular complexity index is 549. The number of anilines is 1. The van der Waals surface area contributed by atoms with Crippen molar-refractivity contribution in [2.45, 2.75) is 0 Å². The molecular weight excluding hydrogens is 412 g/mol. The van der Waals surface area contributed by atoms with E-state index >= 15 is 0 Å². The largest absolute Gasteiger partial charge is 0.510 e. The van der Waals surface area contributed by atoms with E-state index in [4.69, 9.17) is 0 Å². The molecule has 0 aliphatic carbocycles. The Hall–Kier alpha value is -1.57. The zero-order valence-corrected chi connectivity index (χ0v) is 13.0. The quantitative estimate of drug-likeness (QED) is 0.679. The van der Waals surface area contributed by atoms with Crippen molar-refractivity contribution >= 4 is 5.69 Å². The Labute approximate surface area is 127 Å². The van der Waals surface area contributed by atoms with Gasteiger partial charge < -0.3 is 9.80 Å². The maximum atomic E-state index is 3.31. The molecule has 3 heteroatoms. The molecule has 99 valence electrons. The second kappa shape index (κ2) is 6.05. The van der Waals surface area contributed by atoms with Gasteiger partial charge in [-0.2, -0.15) is 24.9 Å². The molecule has 19 heavy (non-hydrogen) atoms.